The molecule has 0 saturated heterocycles. The van der Waals surface area contributed by atoms with Gasteiger partial charge in [0.25, 0.3) is 5.56 Å². The van der Waals surface area contributed by atoms with E-state index >= 15 is 0 Å². The maximum Gasteiger partial charge on any atom is 0.266 e. The molecule has 2 aromatic rings. The van der Waals surface area contributed by atoms with Gasteiger partial charge in [-0.25, -0.2) is 9.67 Å². The summed E-state index contributed by atoms with van der Waals surface area (Å²) in [6.45, 7) is 7.02. The third kappa shape index (κ3) is 4.14. The monoisotopic (exact) mass is 306 g/mol. The molecule has 1 N–H and O–H groups in total. The van der Waals surface area contributed by atoms with Crippen molar-refractivity contribution in [1.29, 1.82) is 0 Å². The zero-order valence-electron chi connectivity index (χ0n) is 12.8. The molecule has 0 amide bonds. The highest BCUT2D eigenvalue weighted by atomic mass is 32.1. The van der Waals surface area contributed by atoms with Crippen molar-refractivity contribution < 1.29 is 0 Å². The molecule has 0 aliphatic carbocycles. The highest BCUT2D eigenvalue weighted by Gasteiger charge is 2.09. The molecule has 0 saturated carbocycles. The SMILES string of the molecule is CCCCn1nc(-c2csc(NC(C)CC)n2)ccc1=O. The van der Waals surface area contributed by atoms with Gasteiger partial charge in [-0.05, 0) is 25.8 Å². The number of hydrogen-bond donors (Lipinski definition) is 1. The lowest BCUT2D eigenvalue weighted by molar-refractivity contribution is 0.545. The van der Waals surface area contributed by atoms with E-state index in [0.717, 1.165) is 35.8 Å². The minimum atomic E-state index is -0.0552. The van der Waals surface area contributed by atoms with Gasteiger partial charge in [0.1, 0.15) is 11.4 Å². The van der Waals surface area contributed by atoms with Crippen molar-refractivity contribution in [2.24, 2.45) is 0 Å². The molecule has 2 rings (SSSR count). The number of aromatic nitrogens is 3. The summed E-state index contributed by atoms with van der Waals surface area (Å²) in [5.41, 5.74) is 1.51. The second kappa shape index (κ2) is 7.36. The van der Waals surface area contributed by atoms with Gasteiger partial charge in [0.2, 0.25) is 0 Å². The first kappa shape index (κ1) is 15.7. The Labute approximate surface area is 129 Å². The van der Waals surface area contributed by atoms with E-state index in [4.69, 9.17) is 0 Å². The number of hydrogen-bond acceptors (Lipinski definition) is 5. The Morgan fingerprint density at radius 1 is 1.33 bits per heavy atom. The van der Waals surface area contributed by atoms with E-state index in [-0.39, 0.29) is 5.56 Å². The van der Waals surface area contributed by atoms with Crippen LogP contribution in [0.25, 0.3) is 11.4 Å². The number of unbranched alkanes of at least 4 members (excludes halogenated alkanes) is 1. The molecule has 0 bridgehead atoms. The molecule has 0 aliphatic heterocycles. The molecule has 1 unspecified atom stereocenters. The van der Waals surface area contributed by atoms with Crippen LogP contribution in [-0.4, -0.2) is 20.8 Å². The van der Waals surface area contributed by atoms with Crippen LogP contribution in [0.3, 0.4) is 0 Å². The van der Waals surface area contributed by atoms with Crippen LogP contribution in [0.4, 0.5) is 5.13 Å². The molecule has 0 spiro atoms. The van der Waals surface area contributed by atoms with Crippen LogP contribution < -0.4 is 10.9 Å². The van der Waals surface area contributed by atoms with E-state index in [1.807, 2.05) is 5.38 Å². The van der Waals surface area contributed by atoms with Gasteiger partial charge in [0, 0.05) is 24.0 Å². The number of thiazole rings is 1. The first-order valence-electron chi connectivity index (χ1n) is 7.44. The van der Waals surface area contributed by atoms with Gasteiger partial charge in [-0.1, -0.05) is 20.3 Å². The Bertz CT molecular complexity index is 635. The number of nitrogens with one attached hydrogen (secondary N) is 1. The Hall–Kier alpha value is -1.69. The minimum Gasteiger partial charge on any atom is -0.359 e. The van der Waals surface area contributed by atoms with Crippen molar-refractivity contribution in [3.05, 3.63) is 27.9 Å². The summed E-state index contributed by atoms with van der Waals surface area (Å²) >= 11 is 1.57. The molecule has 0 aromatic carbocycles. The Kier molecular flexibility index (Phi) is 5.50. The molecule has 0 radical (unpaired) electrons. The average molecular weight is 306 g/mol. The lowest BCUT2D eigenvalue weighted by Gasteiger charge is -2.08. The zero-order chi connectivity index (χ0) is 15.2. The van der Waals surface area contributed by atoms with Crippen molar-refractivity contribution in [3.63, 3.8) is 0 Å². The fourth-order valence-electron chi connectivity index (χ4n) is 1.82. The summed E-state index contributed by atoms with van der Waals surface area (Å²) in [4.78, 5) is 16.3. The van der Waals surface area contributed by atoms with Crippen LogP contribution in [0, 0.1) is 0 Å². The van der Waals surface area contributed by atoms with Crippen LogP contribution >= 0.6 is 11.3 Å². The number of rotatable bonds is 7. The maximum atomic E-state index is 11.8. The Morgan fingerprint density at radius 2 is 2.14 bits per heavy atom. The molecule has 0 fully saturated rings. The number of anilines is 1. The standard InChI is InChI=1S/C15H22N4OS/c1-4-6-9-19-14(20)8-7-12(18-19)13-10-21-15(17-13)16-11(3)5-2/h7-8,10-11H,4-6,9H2,1-3H3,(H,16,17). The third-order valence-electron chi connectivity index (χ3n) is 3.34. The number of aryl methyl sites for hydroxylation is 1. The Balaban J connectivity index is 2.20. The van der Waals surface area contributed by atoms with Crippen molar-refractivity contribution in [2.45, 2.75) is 52.6 Å². The second-order valence-electron chi connectivity index (χ2n) is 5.13. The first-order valence-corrected chi connectivity index (χ1v) is 8.32. The maximum absolute atomic E-state index is 11.8. The predicted molar refractivity (Wildman–Crippen MR) is 87.9 cm³/mol. The summed E-state index contributed by atoms with van der Waals surface area (Å²) in [5.74, 6) is 0. The zero-order valence-corrected chi connectivity index (χ0v) is 13.6. The topological polar surface area (TPSA) is 59.8 Å². The highest BCUT2D eigenvalue weighted by molar-refractivity contribution is 7.14. The molecular weight excluding hydrogens is 284 g/mol. The van der Waals surface area contributed by atoms with Gasteiger partial charge in [0.15, 0.2) is 5.13 Å². The van der Waals surface area contributed by atoms with Crippen LogP contribution in [0.1, 0.15) is 40.0 Å². The minimum absolute atomic E-state index is 0.0552. The summed E-state index contributed by atoms with van der Waals surface area (Å²) in [6.07, 6.45) is 3.04. The molecule has 5 nitrogen and oxygen atoms in total. The summed E-state index contributed by atoms with van der Waals surface area (Å²) in [7, 11) is 0. The Morgan fingerprint density at radius 3 is 2.86 bits per heavy atom. The van der Waals surface area contributed by atoms with Gasteiger partial charge in [-0.2, -0.15) is 5.10 Å². The summed E-state index contributed by atoms with van der Waals surface area (Å²) in [5, 5.41) is 10.6. The van der Waals surface area contributed by atoms with Crippen LogP contribution in [0.5, 0.6) is 0 Å². The van der Waals surface area contributed by atoms with E-state index in [2.05, 4.69) is 36.2 Å². The normalized spacial score (nSPS) is 12.3. The van der Waals surface area contributed by atoms with Gasteiger partial charge >= 0.3 is 0 Å². The fraction of sp³-hybridized carbons (Fsp3) is 0.533. The largest absolute Gasteiger partial charge is 0.359 e. The molecule has 21 heavy (non-hydrogen) atoms. The van der Waals surface area contributed by atoms with Gasteiger partial charge in [-0.3, -0.25) is 4.79 Å². The molecule has 6 heteroatoms. The third-order valence-corrected chi connectivity index (χ3v) is 4.11. The molecule has 2 aromatic heterocycles. The van der Waals surface area contributed by atoms with E-state index < -0.39 is 0 Å². The molecule has 1 atom stereocenters. The molecule has 2 heterocycles. The van der Waals surface area contributed by atoms with E-state index in [1.54, 1.807) is 23.5 Å². The van der Waals surface area contributed by atoms with Gasteiger partial charge in [-0.15, -0.1) is 11.3 Å². The van der Waals surface area contributed by atoms with E-state index in [0.29, 0.717) is 12.6 Å². The lowest BCUT2D eigenvalue weighted by atomic mass is 10.3. The van der Waals surface area contributed by atoms with Crippen molar-refractivity contribution >= 4 is 16.5 Å². The van der Waals surface area contributed by atoms with Crippen LogP contribution in [-0.2, 0) is 6.54 Å². The first-order chi connectivity index (χ1) is 10.1. The van der Waals surface area contributed by atoms with Crippen molar-refractivity contribution in [1.82, 2.24) is 14.8 Å². The second-order valence-corrected chi connectivity index (χ2v) is 5.98. The molecule has 114 valence electrons. The van der Waals surface area contributed by atoms with Gasteiger partial charge in [0.05, 0.1) is 0 Å². The van der Waals surface area contributed by atoms with Crippen molar-refractivity contribution in [2.75, 3.05) is 5.32 Å². The fourth-order valence-corrected chi connectivity index (χ4v) is 2.64. The molecular formula is C15H22N4OS. The lowest BCUT2D eigenvalue weighted by Crippen LogP contribution is -2.22. The van der Waals surface area contributed by atoms with Crippen molar-refractivity contribution in [3.8, 4) is 11.4 Å². The van der Waals surface area contributed by atoms with Crippen LogP contribution in [0.15, 0.2) is 22.3 Å². The van der Waals surface area contributed by atoms with Gasteiger partial charge < -0.3 is 5.32 Å². The smallest absolute Gasteiger partial charge is 0.266 e. The van der Waals surface area contributed by atoms with E-state index in [9.17, 15) is 4.79 Å². The molecule has 0 aliphatic rings. The quantitative estimate of drug-likeness (QED) is 0.852. The predicted octanol–water partition coefficient (Wildman–Crippen LogP) is 3.38. The highest BCUT2D eigenvalue weighted by Crippen LogP contribution is 2.23. The summed E-state index contributed by atoms with van der Waals surface area (Å²) < 4.78 is 1.53. The summed E-state index contributed by atoms with van der Waals surface area (Å²) in [6, 6.07) is 3.71. The van der Waals surface area contributed by atoms with Crippen LogP contribution in [0.2, 0.25) is 0 Å². The average Bonchev–Trinajstić information content (AvgIpc) is 2.94. The van der Waals surface area contributed by atoms with E-state index in [1.165, 1.54) is 4.68 Å². The number of nitrogens with zero attached hydrogens (tertiary/aromatic N) is 3.